The number of aliphatic hydroxyl groups is 1. The number of hydrogen-bond donors (Lipinski definition) is 2. The molecule has 4 heteroatoms. The average Bonchev–Trinajstić information content (AvgIpc) is 2.44. The number of fused-ring (bicyclic) bond motifs is 1. The average molecular weight is 265 g/mol. The van der Waals surface area contributed by atoms with Crippen molar-refractivity contribution in [2.45, 2.75) is 25.0 Å². The predicted molar refractivity (Wildman–Crippen MR) is 74.2 cm³/mol. The second-order valence-electron chi connectivity index (χ2n) is 4.89. The molecule has 0 aromatic heterocycles. The summed E-state index contributed by atoms with van der Waals surface area (Å²) in [6.45, 7) is 2.74. The third-order valence-corrected chi connectivity index (χ3v) is 3.44. The molecule has 0 spiro atoms. The van der Waals surface area contributed by atoms with Crippen LogP contribution in [0.3, 0.4) is 0 Å². The minimum absolute atomic E-state index is 0.0178. The summed E-state index contributed by atoms with van der Waals surface area (Å²) >= 11 is 0. The molecule has 2 rings (SSSR count). The van der Waals surface area contributed by atoms with Crippen molar-refractivity contribution in [1.29, 1.82) is 0 Å². The fourth-order valence-corrected chi connectivity index (χ4v) is 2.45. The summed E-state index contributed by atoms with van der Waals surface area (Å²) in [7, 11) is 1.67. The van der Waals surface area contributed by atoms with E-state index in [1.54, 1.807) is 7.11 Å². The SMILES string of the molecule is COCCNCC(O)CC1OCCc2ccccc21. The summed E-state index contributed by atoms with van der Waals surface area (Å²) in [6.07, 6.45) is 1.23. The molecule has 1 aromatic carbocycles. The summed E-state index contributed by atoms with van der Waals surface area (Å²) in [5.41, 5.74) is 2.57. The van der Waals surface area contributed by atoms with E-state index in [9.17, 15) is 5.11 Å². The molecule has 0 radical (unpaired) electrons. The lowest BCUT2D eigenvalue weighted by molar-refractivity contribution is 0.00443. The summed E-state index contributed by atoms with van der Waals surface area (Å²) in [5.74, 6) is 0. The molecular formula is C15H23NO3. The van der Waals surface area contributed by atoms with Crippen molar-refractivity contribution >= 4 is 0 Å². The first kappa shape index (κ1) is 14.5. The quantitative estimate of drug-likeness (QED) is 0.729. The highest BCUT2D eigenvalue weighted by atomic mass is 16.5. The van der Waals surface area contributed by atoms with Gasteiger partial charge in [0.15, 0.2) is 0 Å². The molecule has 4 nitrogen and oxygen atoms in total. The van der Waals surface area contributed by atoms with Gasteiger partial charge in [0.1, 0.15) is 0 Å². The van der Waals surface area contributed by atoms with Gasteiger partial charge in [-0.15, -0.1) is 0 Å². The Bertz CT molecular complexity index is 383. The molecular weight excluding hydrogens is 242 g/mol. The maximum absolute atomic E-state index is 10.0. The van der Waals surface area contributed by atoms with Crippen LogP contribution in [0.5, 0.6) is 0 Å². The maximum atomic E-state index is 10.0. The summed E-state index contributed by atoms with van der Waals surface area (Å²) < 4.78 is 10.7. The highest BCUT2D eigenvalue weighted by molar-refractivity contribution is 5.30. The molecule has 19 heavy (non-hydrogen) atoms. The molecule has 0 saturated carbocycles. The maximum Gasteiger partial charge on any atom is 0.0852 e. The summed E-state index contributed by atoms with van der Waals surface area (Å²) in [5, 5.41) is 13.2. The molecule has 2 atom stereocenters. The van der Waals surface area contributed by atoms with Crippen LogP contribution in [0.25, 0.3) is 0 Å². The normalized spacial score (nSPS) is 20.0. The molecule has 1 aliphatic rings. The molecule has 1 heterocycles. The molecule has 1 aromatic rings. The van der Waals surface area contributed by atoms with Crippen LogP contribution in [-0.4, -0.2) is 44.6 Å². The van der Waals surface area contributed by atoms with Gasteiger partial charge in [-0.25, -0.2) is 0 Å². The lowest BCUT2D eigenvalue weighted by Gasteiger charge is -2.27. The van der Waals surface area contributed by atoms with Crippen molar-refractivity contribution in [2.75, 3.05) is 33.4 Å². The van der Waals surface area contributed by atoms with Crippen LogP contribution in [0.15, 0.2) is 24.3 Å². The van der Waals surface area contributed by atoms with E-state index in [-0.39, 0.29) is 6.10 Å². The number of nitrogens with one attached hydrogen (secondary N) is 1. The highest BCUT2D eigenvalue weighted by Crippen LogP contribution is 2.30. The van der Waals surface area contributed by atoms with E-state index in [2.05, 4.69) is 23.5 Å². The fraction of sp³-hybridized carbons (Fsp3) is 0.600. The van der Waals surface area contributed by atoms with Crippen molar-refractivity contribution in [3.05, 3.63) is 35.4 Å². The third kappa shape index (κ3) is 4.28. The summed E-state index contributed by atoms with van der Waals surface area (Å²) in [6, 6.07) is 8.34. The van der Waals surface area contributed by atoms with Gasteiger partial charge < -0.3 is 19.9 Å². The lowest BCUT2D eigenvalue weighted by Crippen LogP contribution is -2.31. The number of aliphatic hydroxyl groups excluding tert-OH is 1. The Kier molecular flexibility index (Phi) is 5.79. The van der Waals surface area contributed by atoms with Gasteiger partial charge in [-0.05, 0) is 17.5 Å². The Morgan fingerprint density at radius 3 is 3.16 bits per heavy atom. The van der Waals surface area contributed by atoms with Crippen molar-refractivity contribution in [2.24, 2.45) is 0 Å². The Hall–Kier alpha value is -0.940. The Morgan fingerprint density at radius 2 is 2.32 bits per heavy atom. The molecule has 0 aliphatic carbocycles. The number of hydrogen-bond acceptors (Lipinski definition) is 4. The van der Waals surface area contributed by atoms with Crippen molar-refractivity contribution in [3.63, 3.8) is 0 Å². The van der Waals surface area contributed by atoms with E-state index in [0.29, 0.717) is 19.6 Å². The lowest BCUT2D eigenvalue weighted by atomic mass is 9.94. The Morgan fingerprint density at radius 1 is 1.47 bits per heavy atom. The first-order valence-electron chi connectivity index (χ1n) is 6.88. The minimum Gasteiger partial charge on any atom is -0.392 e. The molecule has 0 fully saturated rings. The van der Waals surface area contributed by atoms with Crippen LogP contribution < -0.4 is 5.32 Å². The Balaban J connectivity index is 1.83. The Labute approximate surface area is 114 Å². The largest absolute Gasteiger partial charge is 0.392 e. The second-order valence-corrected chi connectivity index (χ2v) is 4.89. The first-order valence-corrected chi connectivity index (χ1v) is 6.88. The van der Waals surface area contributed by atoms with Crippen LogP contribution in [0.4, 0.5) is 0 Å². The van der Waals surface area contributed by atoms with Gasteiger partial charge in [-0.3, -0.25) is 0 Å². The van der Waals surface area contributed by atoms with Gasteiger partial charge in [0, 0.05) is 26.6 Å². The fourth-order valence-electron chi connectivity index (χ4n) is 2.45. The molecule has 2 N–H and O–H groups in total. The van der Waals surface area contributed by atoms with Gasteiger partial charge >= 0.3 is 0 Å². The number of rotatable bonds is 7. The third-order valence-electron chi connectivity index (χ3n) is 3.44. The minimum atomic E-state index is -0.395. The van der Waals surface area contributed by atoms with Crippen LogP contribution in [0.2, 0.25) is 0 Å². The standard InChI is InChI=1S/C15H23NO3/c1-18-9-7-16-11-13(17)10-15-14-5-3-2-4-12(14)6-8-19-15/h2-5,13,15-17H,6-11H2,1H3. The zero-order valence-electron chi connectivity index (χ0n) is 11.5. The molecule has 1 aliphatic heterocycles. The summed E-state index contributed by atoms with van der Waals surface area (Å²) in [4.78, 5) is 0. The molecule has 2 unspecified atom stereocenters. The monoisotopic (exact) mass is 265 g/mol. The number of benzene rings is 1. The molecule has 0 saturated heterocycles. The topological polar surface area (TPSA) is 50.7 Å². The van der Waals surface area contributed by atoms with Crippen molar-refractivity contribution in [1.82, 2.24) is 5.32 Å². The van der Waals surface area contributed by atoms with Crippen LogP contribution >= 0.6 is 0 Å². The van der Waals surface area contributed by atoms with E-state index < -0.39 is 6.10 Å². The van der Waals surface area contributed by atoms with Crippen LogP contribution in [0.1, 0.15) is 23.7 Å². The van der Waals surface area contributed by atoms with Crippen LogP contribution in [0, 0.1) is 0 Å². The zero-order valence-corrected chi connectivity index (χ0v) is 11.5. The van der Waals surface area contributed by atoms with E-state index in [4.69, 9.17) is 9.47 Å². The van der Waals surface area contributed by atoms with Gasteiger partial charge in [-0.2, -0.15) is 0 Å². The van der Waals surface area contributed by atoms with E-state index in [1.807, 2.05) is 6.07 Å². The number of methoxy groups -OCH3 is 1. The van der Waals surface area contributed by atoms with Crippen molar-refractivity contribution in [3.8, 4) is 0 Å². The van der Waals surface area contributed by atoms with Gasteiger partial charge in [0.25, 0.3) is 0 Å². The zero-order chi connectivity index (χ0) is 13.5. The molecule has 106 valence electrons. The van der Waals surface area contributed by atoms with Gasteiger partial charge in [-0.1, -0.05) is 24.3 Å². The first-order chi connectivity index (χ1) is 9.31. The number of ether oxygens (including phenoxy) is 2. The second kappa shape index (κ2) is 7.60. The van der Waals surface area contributed by atoms with Gasteiger partial charge in [0.2, 0.25) is 0 Å². The van der Waals surface area contributed by atoms with E-state index in [0.717, 1.165) is 19.6 Å². The van der Waals surface area contributed by atoms with E-state index in [1.165, 1.54) is 11.1 Å². The van der Waals surface area contributed by atoms with Gasteiger partial charge in [0.05, 0.1) is 25.4 Å². The van der Waals surface area contributed by atoms with E-state index >= 15 is 0 Å². The molecule has 0 amide bonds. The highest BCUT2D eigenvalue weighted by Gasteiger charge is 2.22. The molecule has 0 bridgehead atoms. The van der Waals surface area contributed by atoms with Crippen LogP contribution in [-0.2, 0) is 15.9 Å². The van der Waals surface area contributed by atoms with Crippen molar-refractivity contribution < 1.29 is 14.6 Å². The predicted octanol–water partition coefficient (Wildman–Crippen LogP) is 1.29. The smallest absolute Gasteiger partial charge is 0.0852 e.